The maximum absolute atomic E-state index is 12.1. The molecule has 2 heterocycles. The van der Waals surface area contributed by atoms with Gasteiger partial charge in [-0.3, -0.25) is 14.4 Å². The molecule has 9 heteroatoms. The normalized spacial score (nSPS) is 20.3. The lowest BCUT2D eigenvalue weighted by Gasteiger charge is -2.28. The highest BCUT2D eigenvalue weighted by molar-refractivity contribution is 9.10. The number of nitrogens with one attached hydrogen (secondary N) is 1. The molecule has 0 spiro atoms. The molecule has 2 rings (SSSR count). The zero-order valence-corrected chi connectivity index (χ0v) is 14.1. The van der Waals surface area contributed by atoms with Crippen molar-refractivity contribution in [1.82, 2.24) is 10.2 Å². The predicted octanol–water partition coefficient (Wildman–Crippen LogP) is 0.864. The van der Waals surface area contributed by atoms with Crippen LogP contribution in [-0.2, 0) is 14.3 Å². The second-order valence-corrected chi connectivity index (χ2v) is 6.25. The topological polar surface area (TPSA) is 109 Å². The van der Waals surface area contributed by atoms with Crippen LogP contribution < -0.4 is 5.32 Å². The van der Waals surface area contributed by atoms with E-state index in [-0.39, 0.29) is 25.3 Å². The molecule has 1 atom stereocenters. The first-order valence-electron chi connectivity index (χ1n) is 6.93. The van der Waals surface area contributed by atoms with Crippen LogP contribution >= 0.6 is 15.9 Å². The minimum Gasteiger partial charge on any atom is -0.481 e. The van der Waals surface area contributed by atoms with Crippen LogP contribution in [0, 0.1) is 0 Å². The van der Waals surface area contributed by atoms with Crippen molar-refractivity contribution in [3.63, 3.8) is 0 Å². The van der Waals surface area contributed by atoms with Gasteiger partial charge >= 0.3 is 5.97 Å². The van der Waals surface area contributed by atoms with Crippen molar-refractivity contribution in [2.24, 2.45) is 0 Å². The number of likely N-dealkylation sites (N-methyl/N-ethyl adjacent to an activating group) is 1. The van der Waals surface area contributed by atoms with Crippen molar-refractivity contribution in [2.45, 2.75) is 18.4 Å². The van der Waals surface area contributed by atoms with E-state index in [1.807, 2.05) is 0 Å². The minimum absolute atomic E-state index is 0.108. The third-order valence-electron chi connectivity index (χ3n) is 3.51. The highest BCUT2D eigenvalue weighted by Gasteiger charge is 2.38. The molecule has 1 aliphatic rings. The van der Waals surface area contributed by atoms with Gasteiger partial charge < -0.3 is 24.5 Å². The summed E-state index contributed by atoms with van der Waals surface area (Å²) in [5.74, 6) is -1.80. The Hall–Kier alpha value is -1.87. The summed E-state index contributed by atoms with van der Waals surface area (Å²) < 4.78 is 10.8. The third-order valence-corrected chi connectivity index (χ3v) is 3.94. The molecule has 0 saturated carbocycles. The number of amides is 2. The van der Waals surface area contributed by atoms with Gasteiger partial charge in [0.1, 0.15) is 0 Å². The van der Waals surface area contributed by atoms with Gasteiger partial charge in [0.15, 0.2) is 10.4 Å². The van der Waals surface area contributed by atoms with Gasteiger partial charge in [-0.2, -0.15) is 0 Å². The molecule has 1 aromatic rings. The van der Waals surface area contributed by atoms with E-state index >= 15 is 0 Å². The lowest BCUT2D eigenvalue weighted by atomic mass is 9.94. The monoisotopic (exact) mass is 388 g/mol. The molecule has 126 valence electrons. The molecule has 1 aromatic heterocycles. The summed E-state index contributed by atoms with van der Waals surface area (Å²) in [6, 6.07) is 3.08. The number of rotatable bonds is 6. The summed E-state index contributed by atoms with van der Waals surface area (Å²) >= 11 is 3.10. The van der Waals surface area contributed by atoms with Crippen molar-refractivity contribution in [1.29, 1.82) is 0 Å². The predicted molar refractivity (Wildman–Crippen MR) is 81.9 cm³/mol. The average Bonchev–Trinajstić information content (AvgIpc) is 3.06. The SMILES string of the molecule is CN(CC(=O)NC1(CC(=O)O)CCOC1)C(=O)c1ccc(Br)o1. The number of aliphatic carboxylic acids is 1. The summed E-state index contributed by atoms with van der Waals surface area (Å²) in [5, 5.41) is 11.7. The standard InChI is InChI=1S/C14H17BrN2O6/c1-17(13(21)9-2-3-10(15)23-9)7-11(18)16-14(6-12(19)20)4-5-22-8-14/h2-3H,4-8H2,1H3,(H,16,18)(H,19,20). The van der Waals surface area contributed by atoms with Gasteiger partial charge in [0.05, 0.1) is 25.1 Å². The number of furan rings is 1. The average molecular weight is 389 g/mol. The summed E-state index contributed by atoms with van der Waals surface area (Å²) in [6.07, 6.45) is 0.204. The number of ether oxygens (including phenoxy) is 1. The van der Waals surface area contributed by atoms with Crippen molar-refractivity contribution in [3.8, 4) is 0 Å². The Labute approximate surface area is 140 Å². The lowest BCUT2D eigenvalue weighted by Crippen LogP contribution is -2.53. The van der Waals surface area contributed by atoms with Gasteiger partial charge in [-0.15, -0.1) is 0 Å². The molecule has 1 aliphatic heterocycles. The van der Waals surface area contributed by atoms with E-state index in [4.69, 9.17) is 14.3 Å². The van der Waals surface area contributed by atoms with Crippen LogP contribution in [0.1, 0.15) is 23.4 Å². The van der Waals surface area contributed by atoms with Gasteiger partial charge in [0.25, 0.3) is 5.91 Å². The van der Waals surface area contributed by atoms with Crippen LogP contribution in [0.2, 0.25) is 0 Å². The molecular formula is C14H17BrN2O6. The molecule has 23 heavy (non-hydrogen) atoms. The Morgan fingerprint density at radius 1 is 1.43 bits per heavy atom. The molecule has 1 fully saturated rings. The van der Waals surface area contributed by atoms with Gasteiger partial charge in [0.2, 0.25) is 5.91 Å². The van der Waals surface area contributed by atoms with E-state index in [1.54, 1.807) is 6.07 Å². The van der Waals surface area contributed by atoms with E-state index < -0.39 is 23.3 Å². The molecule has 8 nitrogen and oxygen atoms in total. The Bertz CT molecular complexity index is 608. The maximum Gasteiger partial charge on any atom is 0.305 e. The maximum atomic E-state index is 12.1. The number of carboxylic acid groups (broad SMARTS) is 1. The molecule has 0 radical (unpaired) electrons. The summed E-state index contributed by atoms with van der Waals surface area (Å²) in [6.45, 7) is 0.328. The van der Waals surface area contributed by atoms with Crippen molar-refractivity contribution < 1.29 is 28.6 Å². The number of halogens is 1. The minimum atomic E-state index is -1.01. The van der Waals surface area contributed by atoms with Crippen molar-refractivity contribution in [3.05, 3.63) is 22.6 Å². The van der Waals surface area contributed by atoms with E-state index in [0.717, 1.165) is 0 Å². The third kappa shape index (κ3) is 4.55. The summed E-state index contributed by atoms with van der Waals surface area (Å²) in [7, 11) is 1.47. The molecule has 0 bridgehead atoms. The summed E-state index contributed by atoms with van der Waals surface area (Å²) in [5.41, 5.74) is -0.916. The number of carbonyl (C=O) groups excluding carboxylic acids is 2. The Balaban J connectivity index is 1.95. The number of carboxylic acids is 1. The van der Waals surface area contributed by atoms with Crippen LogP contribution in [0.25, 0.3) is 0 Å². The molecule has 0 aromatic carbocycles. The molecule has 2 amide bonds. The van der Waals surface area contributed by atoms with Crippen LogP contribution in [0.15, 0.2) is 21.2 Å². The number of hydrogen-bond donors (Lipinski definition) is 2. The number of hydrogen-bond acceptors (Lipinski definition) is 5. The van der Waals surface area contributed by atoms with Gasteiger partial charge in [-0.05, 0) is 34.5 Å². The van der Waals surface area contributed by atoms with Crippen LogP contribution in [0.3, 0.4) is 0 Å². The fraction of sp³-hybridized carbons (Fsp3) is 0.500. The van der Waals surface area contributed by atoms with Crippen LogP contribution in [-0.4, -0.2) is 60.1 Å². The first kappa shape index (κ1) is 17.5. The van der Waals surface area contributed by atoms with Gasteiger partial charge in [-0.1, -0.05) is 0 Å². The highest BCUT2D eigenvalue weighted by atomic mass is 79.9. The zero-order valence-electron chi connectivity index (χ0n) is 12.5. The van der Waals surface area contributed by atoms with Crippen LogP contribution in [0.5, 0.6) is 0 Å². The van der Waals surface area contributed by atoms with E-state index in [0.29, 0.717) is 17.7 Å². The van der Waals surface area contributed by atoms with E-state index in [1.165, 1.54) is 18.0 Å². The molecular weight excluding hydrogens is 372 g/mol. The fourth-order valence-electron chi connectivity index (χ4n) is 2.42. The lowest BCUT2D eigenvalue weighted by molar-refractivity contribution is -0.139. The molecule has 2 N–H and O–H groups in total. The van der Waals surface area contributed by atoms with Crippen LogP contribution in [0.4, 0.5) is 0 Å². The first-order chi connectivity index (χ1) is 10.8. The Morgan fingerprint density at radius 2 is 2.17 bits per heavy atom. The molecule has 0 aliphatic carbocycles. The fourth-order valence-corrected chi connectivity index (χ4v) is 2.73. The Kier molecular flexibility index (Phi) is 5.42. The Morgan fingerprint density at radius 3 is 2.70 bits per heavy atom. The zero-order chi connectivity index (χ0) is 17.0. The van der Waals surface area contributed by atoms with Gasteiger partial charge in [-0.25, -0.2) is 0 Å². The van der Waals surface area contributed by atoms with Crippen molar-refractivity contribution >= 4 is 33.7 Å². The highest BCUT2D eigenvalue weighted by Crippen LogP contribution is 2.22. The molecule has 1 saturated heterocycles. The number of carbonyl (C=O) groups is 3. The smallest absolute Gasteiger partial charge is 0.305 e. The number of nitrogens with zero attached hydrogens (tertiary/aromatic N) is 1. The molecule has 1 unspecified atom stereocenters. The van der Waals surface area contributed by atoms with Crippen molar-refractivity contribution in [2.75, 3.05) is 26.8 Å². The second-order valence-electron chi connectivity index (χ2n) is 5.47. The second kappa shape index (κ2) is 7.14. The summed E-state index contributed by atoms with van der Waals surface area (Å²) in [4.78, 5) is 36.4. The van der Waals surface area contributed by atoms with Gasteiger partial charge in [0, 0.05) is 13.7 Å². The first-order valence-corrected chi connectivity index (χ1v) is 7.72. The van der Waals surface area contributed by atoms with E-state index in [9.17, 15) is 14.4 Å². The quantitative estimate of drug-likeness (QED) is 0.747. The van der Waals surface area contributed by atoms with E-state index in [2.05, 4.69) is 21.2 Å². The largest absolute Gasteiger partial charge is 0.481 e.